The first-order valence-electron chi connectivity index (χ1n) is 6.00. The van der Waals surface area contributed by atoms with Gasteiger partial charge in [-0.2, -0.15) is 0 Å². The maximum absolute atomic E-state index is 10.5. The molecule has 0 fully saturated rings. The fourth-order valence-corrected chi connectivity index (χ4v) is 1.72. The monoisotopic (exact) mass is 257 g/mol. The highest BCUT2D eigenvalue weighted by atomic mass is 16.5. The van der Waals surface area contributed by atoms with E-state index in [2.05, 4.69) is 0 Å². The van der Waals surface area contributed by atoms with Crippen LogP contribution in [-0.4, -0.2) is 22.2 Å². The summed E-state index contributed by atoms with van der Waals surface area (Å²) in [5, 5.41) is 8.61. The number of benzene rings is 1. The lowest BCUT2D eigenvalue weighted by Crippen LogP contribution is -2.08. The van der Waals surface area contributed by atoms with Crippen LogP contribution in [0.2, 0.25) is 0 Å². The lowest BCUT2D eigenvalue weighted by molar-refractivity contribution is -0.131. The van der Waals surface area contributed by atoms with Crippen molar-refractivity contribution in [2.45, 2.75) is 6.54 Å². The number of aliphatic carboxylic acids is 1. The number of hydrogen-bond donors (Lipinski definition) is 1. The van der Waals surface area contributed by atoms with Crippen molar-refractivity contribution in [3.05, 3.63) is 60.4 Å². The second-order valence-electron chi connectivity index (χ2n) is 3.96. The first-order chi connectivity index (χ1) is 9.25. The molecule has 0 amide bonds. The van der Waals surface area contributed by atoms with E-state index < -0.39 is 5.97 Å². The van der Waals surface area contributed by atoms with Crippen molar-refractivity contribution >= 4 is 12.0 Å². The Kier molecular flexibility index (Phi) is 4.39. The zero-order valence-corrected chi connectivity index (χ0v) is 10.4. The molecule has 0 bridgehead atoms. The Morgan fingerprint density at radius 2 is 2.00 bits per heavy atom. The average Bonchev–Trinajstić information content (AvgIpc) is 2.85. The van der Waals surface area contributed by atoms with Gasteiger partial charge in [0.15, 0.2) is 0 Å². The predicted octanol–water partition coefficient (Wildman–Crippen LogP) is 2.66. The molecule has 98 valence electrons. The molecule has 1 N–H and O–H groups in total. The van der Waals surface area contributed by atoms with Crippen molar-refractivity contribution in [3.63, 3.8) is 0 Å². The lowest BCUT2D eigenvalue weighted by Gasteiger charge is -2.08. The van der Waals surface area contributed by atoms with E-state index in [0.29, 0.717) is 13.2 Å². The van der Waals surface area contributed by atoms with E-state index in [9.17, 15) is 4.79 Å². The van der Waals surface area contributed by atoms with E-state index in [0.717, 1.165) is 17.5 Å². The van der Waals surface area contributed by atoms with Gasteiger partial charge < -0.3 is 14.4 Å². The van der Waals surface area contributed by atoms with Crippen molar-refractivity contribution in [2.24, 2.45) is 0 Å². The van der Waals surface area contributed by atoms with Crippen LogP contribution in [0.1, 0.15) is 5.69 Å². The van der Waals surface area contributed by atoms with Gasteiger partial charge in [0, 0.05) is 18.0 Å². The molecule has 2 aromatic rings. The second-order valence-corrected chi connectivity index (χ2v) is 3.96. The first-order valence-corrected chi connectivity index (χ1v) is 6.00. The summed E-state index contributed by atoms with van der Waals surface area (Å²) in [4.78, 5) is 10.5. The summed E-state index contributed by atoms with van der Waals surface area (Å²) in [6.45, 7) is 1.20. The van der Waals surface area contributed by atoms with Crippen LogP contribution in [0.3, 0.4) is 0 Å². The molecule has 0 radical (unpaired) electrons. The molecule has 2 rings (SSSR count). The quantitative estimate of drug-likeness (QED) is 0.809. The minimum atomic E-state index is -0.951. The minimum Gasteiger partial charge on any atom is -0.492 e. The topological polar surface area (TPSA) is 51.5 Å². The molecule has 1 aromatic carbocycles. The number of carboxylic acids is 1. The number of hydrogen-bond acceptors (Lipinski definition) is 2. The van der Waals surface area contributed by atoms with Gasteiger partial charge >= 0.3 is 5.97 Å². The molecule has 4 nitrogen and oxygen atoms in total. The Morgan fingerprint density at radius 1 is 1.21 bits per heavy atom. The average molecular weight is 257 g/mol. The number of carbonyl (C=O) groups is 1. The zero-order valence-electron chi connectivity index (χ0n) is 10.4. The minimum absolute atomic E-state index is 0.534. The van der Waals surface area contributed by atoms with E-state index in [1.165, 1.54) is 0 Å². The summed E-state index contributed by atoms with van der Waals surface area (Å²) in [6.07, 6.45) is 4.60. The molecule has 0 aliphatic rings. The maximum Gasteiger partial charge on any atom is 0.328 e. The van der Waals surface area contributed by atoms with Crippen LogP contribution < -0.4 is 4.74 Å². The standard InChI is InChI=1S/C15H15NO3/c17-15(18)9-8-13-5-4-10-16(13)11-12-19-14-6-2-1-3-7-14/h1-10H,11-12H2,(H,17,18). The first kappa shape index (κ1) is 13.0. The molecule has 19 heavy (non-hydrogen) atoms. The Balaban J connectivity index is 1.90. The van der Waals surface area contributed by atoms with Crippen molar-refractivity contribution in [2.75, 3.05) is 6.61 Å². The van der Waals surface area contributed by atoms with E-state index in [4.69, 9.17) is 9.84 Å². The number of para-hydroxylation sites is 1. The third-order valence-corrected chi connectivity index (χ3v) is 2.61. The fraction of sp³-hybridized carbons (Fsp3) is 0.133. The number of carboxylic acid groups (broad SMARTS) is 1. The van der Waals surface area contributed by atoms with Crippen LogP contribution in [0.5, 0.6) is 5.75 Å². The van der Waals surface area contributed by atoms with E-state index >= 15 is 0 Å². The number of aromatic nitrogens is 1. The third kappa shape index (κ3) is 4.03. The smallest absolute Gasteiger partial charge is 0.328 e. The normalized spacial score (nSPS) is 10.7. The molecule has 0 saturated heterocycles. The number of rotatable bonds is 6. The Hall–Kier alpha value is -2.49. The molecule has 0 aliphatic carbocycles. The highest BCUT2D eigenvalue weighted by molar-refractivity contribution is 5.84. The SMILES string of the molecule is O=C(O)C=Cc1cccn1CCOc1ccccc1. The molecule has 0 aliphatic heterocycles. The largest absolute Gasteiger partial charge is 0.492 e. The van der Waals surface area contributed by atoms with Gasteiger partial charge in [-0.15, -0.1) is 0 Å². The molecule has 0 unspecified atom stereocenters. The van der Waals surface area contributed by atoms with Crippen molar-refractivity contribution < 1.29 is 14.6 Å². The van der Waals surface area contributed by atoms with Crippen molar-refractivity contribution in [1.82, 2.24) is 4.57 Å². The van der Waals surface area contributed by atoms with Gasteiger partial charge in [-0.3, -0.25) is 0 Å². The predicted molar refractivity (Wildman–Crippen MR) is 73.0 cm³/mol. The zero-order chi connectivity index (χ0) is 13.5. The number of ether oxygens (including phenoxy) is 1. The Morgan fingerprint density at radius 3 is 2.74 bits per heavy atom. The summed E-state index contributed by atoms with van der Waals surface area (Å²) in [5.74, 6) is -0.120. The second kappa shape index (κ2) is 6.44. The van der Waals surface area contributed by atoms with E-state index in [1.54, 1.807) is 6.08 Å². The molecule has 4 heteroatoms. The van der Waals surface area contributed by atoms with Crippen molar-refractivity contribution in [1.29, 1.82) is 0 Å². The van der Waals surface area contributed by atoms with Crippen LogP contribution in [0.25, 0.3) is 6.08 Å². The fourth-order valence-electron chi connectivity index (χ4n) is 1.72. The van der Waals surface area contributed by atoms with Crippen LogP contribution in [0, 0.1) is 0 Å². The summed E-state index contributed by atoms with van der Waals surface area (Å²) in [7, 11) is 0. The van der Waals surface area contributed by atoms with Crippen LogP contribution >= 0.6 is 0 Å². The lowest BCUT2D eigenvalue weighted by atomic mass is 10.3. The molecular weight excluding hydrogens is 242 g/mol. The van der Waals surface area contributed by atoms with Gasteiger partial charge in [0.2, 0.25) is 0 Å². The summed E-state index contributed by atoms with van der Waals surface area (Å²) in [6, 6.07) is 13.3. The molecule has 1 heterocycles. The highest BCUT2D eigenvalue weighted by Crippen LogP contribution is 2.09. The van der Waals surface area contributed by atoms with Gasteiger partial charge in [0.25, 0.3) is 0 Å². The molecular formula is C15H15NO3. The van der Waals surface area contributed by atoms with Gasteiger partial charge in [0.1, 0.15) is 12.4 Å². The summed E-state index contributed by atoms with van der Waals surface area (Å²) < 4.78 is 7.55. The third-order valence-electron chi connectivity index (χ3n) is 2.61. The molecule has 1 aromatic heterocycles. The maximum atomic E-state index is 10.5. The Labute approximate surface area is 111 Å². The Bertz CT molecular complexity index is 558. The summed E-state index contributed by atoms with van der Waals surface area (Å²) >= 11 is 0. The van der Waals surface area contributed by atoms with Gasteiger partial charge in [-0.1, -0.05) is 18.2 Å². The van der Waals surface area contributed by atoms with Crippen LogP contribution in [-0.2, 0) is 11.3 Å². The van der Waals surface area contributed by atoms with E-state index in [-0.39, 0.29) is 0 Å². The van der Waals surface area contributed by atoms with E-state index in [1.807, 2.05) is 53.2 Å². The summed E-state index contributed by atoms with van der Waals surface area (Å²) in [5.41, 5.74) is 0.846. The highest BCUT2D eigenvalue weighted by Gasteiger charge is 1.99. The van der Waals surface area contributed by atoms with Gasteiger partial charge in [0.05, 0.1) is 6.54 Å². The number of nitrogens with zero attached hydrogens (tertiary/aromatic N) is 1. The van der Waals surface area contributed by atoms with Crippen LogP contribution in [0.4, 0.5) is 0 Å². The molecule has 0 saturated carbocycles. The molecule has 0 atom stereocenters. The molecule has 0 spiro atoms. The van der Waals surface area contributed by atoms with Crippen LogP contribution in [0.15, 0.2) is 54.7 Å². The van der Waals surface area contributed by atoms with Crippen molar-refractivity contribution in [3.8, 4) is 5.75 Å². The van der Waals surface area contributed by atoms with Gasteiger partial charge in [-0.05, 0) is 30.3 Å². The van der Waals surface area contributed by atoms with Gasteiger partial charge in [-0.25, -0.2) is 4.79 Å².